The first kappa shape index (κ1) is 14.5. The van der Waals surface area contributed by atoms with E-state index in [1.54, 1.807) is 6.26 Å². The molecule has 3 nitrogen and oxygen atoms in total. The van der Waals surface area contributed by atoms with Gasteiger partial charge in [0.25, 0.3) is 5.91 Å². The zero-order chi connectivity index (χ0) is 14.6. The van der Waals surface area contributed by atoms with Crippen molar-refractivity contribution in [3.05, 3.63) is 71.8 Å². The quantitative estimate of drug-likeness (QED) is 0.859. The maximum Gasteiger partial charge on any atom is 0.267 e. The van der Waals surface area contributed by atoms with E-state index in [1.807, 2.05) is 60.7 Å². The molecule has 0 fully saturated rings. The molecule has 2 rings (SSSR count). The van der Waals surface area contributed by atoms with Gasteiger partial charge >= 0.3 is 0 Å². The standard InChI is InChI=1S/C16H17NO2S/c1-20(19,12-15(17)18)16(13-8-4-2-5-9-13)14-10-6-3-7-11-14/h2-11,16H,12H2,1H3,(H-,17,18)/p+1. The molecule has 0 saturated carbocycles. The smallest absolute Gasteiger partial charge is 0.267 e. The number of hydrogen-bond donors (Lipinski definition) is 1. The molecular formula is C16H18NO2S+. The van der Waals surface area contributed by atoms with Gasteiger partial charge in [0.05, 0.1) is 0 Å². The summed E-state index contributed by atoms with van der Waals surface area (Å²) in [6.07, 6.45) is 1.63. The molecule has 0 aliphatic heterocycles. The average Bonchev–Trinajstić information content (AvgIpc) is 2.39. The van der Waals surface area contributed by atoms with Gasteiger partial charge in [0.1, 0.15) is 16.2 Å². The number of hydrogen-bond acceptors (Lipinski definition) is 2. The molecule has 0 aliphatic carbocycles. The van der Waals surface area contributed by atoms with E-state index in [-0.39, 0.29) is 11.0 Å². The van der Waals surface area contributed by atoms with Gasteiger partial charge in [-0.05, 0) is 0 Å². The molecule has 0 heterocycles. The van der Waals surface area contributed by atoms with E-state index in [9.17, 15) is 9.00 Å². The summed E-state index contributed by atoms with van der Waals surface area (Å²) in [4.78, 5) is 11.2. The monoisotopic (exact) mass is 288 g/mol. The summed E-state index contributed by atoms with van der Waals surface area (Å²) in [6, 6.07) is 19.2. The summed E-state index contributed by atoms with van der Waals surface area (Å²) in [5.41, 5.74) is 7.13. The Morgan fingerprint density at radius 3 is 1.75 bits per heavy atom. The molecule has 104 valence electrons. The lowest BCUT2D eigenvalue weighted by molar-refractivity contribution is -0.115. The SMILES string of the molecule is C[S+](=O)(CC(N)=O)C(c1ccccc1)c1ccccc1. The van der Waals surface area contributed by atoms with Gasteiger partial charge in [-0.1, -0.05) is 60.7 Å². The number of carbonyl (C=O) groups is 1. The summed E-state index contributed by atoms with van der Waals surface area (Å²) in [5.74, 6) is -0.643. The number of primary amides is 1. The lowest BCUT2D eigenvalue weighted by Crippen LogP contribution is -2.32. The molecule has 2 N–H and O–H groups in total. The maximum absolute atomic E-state index is 13.0. The summed E-state index contributed by atoms with van der Waals surface area (Å²) in [6.45, 7) is 0. The van der Waals surface area contributed by atoms with E-state index in [1.165, 1.54) is 0 Å². The summed E-state index contributed by atoms with van der Waals surface area (Å²) >= 11 is 0. The van der Waals surface area contributed by atoms with Crippen LogP contribution in [0.3, 0.4) is 0 Å². The molecule has 0 saturated heterocycles. The predicted octanol–water partition coefficient (Wildman–Crippen LogP) is 2.39. The van der Waals surface area contributed by atoms with Crippen LogP contribution in [0.15, 0.2) is 60.7 Å². The highest BCUT2D eigenvalue weighted by atomic mass is 32.2. The van der Waals surface area contributed by atoms with Crippen molar-refractivity contribution in [2.24, 2.45) is 5.73 Å². The van der Waals surface area contributed by atoms with Crippen molar-refractivity contribution in [1.29, 1.82) is 0 Å². The average molecular weight is 288 g/mol. The molecule has 1 atom stereocenters. The molecular weight excluding hydrogens is 270 g/mol. The molecule has 2 aromatic carbocycles. The molecule has 2 aromatic rings. The minimum absolute atomic E-state index is 0.110. The maximum atomic E-state index is 13.0. The minimum atomic E-state index is -2.45. The highest BCUT2D eigenvalue weighted by Gasteiger charge is 2.38. The Bertz CT molecular complexity index is 586. The molecule has 20 heavy (non-hydrogen) atoms. The largest absolute Gasteiger partial charge is 0.366 e. The molecule has 4 heteroatoms. The highest BCUT2D eigenvalue weighted by Crippen LogP contribution is 2.34. The number of benzene rings is 2. The Morgan fingerprint density at radius 1 is 1.00 bits per heavy atom. The molecule has 0 spiro atoms. The Hall–Kier alpha value is -1.94. The zero-order valence-corrected chi connectivity index (χ0v) is 12.2. The van der Waals surface area contributed by atoms with Gasteiger partial charge in [-0.3, -0.25) is 4.79 Å². The van der Waals surface area contributed by atoms with E-state index in [2.05, 4.69) is 0 Å². The van der Waals surface area contributed by atoms with Gasteiger partial charge in [0.2, 0.25) is 0 Å². The summed E-state index contributed by atoms with van der Waals surface area (Å²) in [7, 11) is -2.45. The number of carbonyl (C=O) groups excluding carboxylic acids is 1. The minimum Gasteiger partial charge on any atom is -0.366 e. The Labute approximate surface area is 120 Å². The van der Waals surface area contributed by atoms with Gasteiger partial charge in [0, 0.05) is 11.1 Å². The summed E-state index contributed by atoms with van der Waals surface area (Å²) in [5, 5.41) is -0.322. The fourth-order valence-electron chi connectivity index (χ4n) is 2.39. The van der Waals surface area contributed by atoms with Crippen molar-refractivity contribution in [3.63, 3.8) is 0 Å². The zero-order valence-electron chi connectivity index (χ0n) is 11.4. The van der Waals surface area contributed by atoms with Gasteiger partial charge in [-0.15, -0.1) is 4.21 Å². The Morgan fingerprint density at radius 2 is 1.40 bits per heavy atom. The van der Waals surface area contributed by atoms with Crippen molar-refractivity contribution in [3.8, 4) is 0 Å². The summed E-state index contributed by atoms with van der Waals surface area (Å²) < 4.78 is 13.0. The van der Waals surface area contributed by atoms with Crippen LogP contribution in [0.5, 0.6) is 0 Å². The van der Waals surface area contributed by atoms with Crippen molar-refractivity contribution in [2.75, 3.05) is 12.0 Å². The van der Waals surface area contributed by atoms with Gasteiger partial charge in [-0.25, -0.2) is 0 Å². The van der Waals surface area contributed by atoms with E-state index in [0.29, 0.717) is 0 Å². The van der Waals surface area contributed by atoms with Crippen LogP contribution >= 0.6 is 0 Å². The van der Waals surface area contributed by atoms with Crippen molar-refractivity contribution in [2.45, 2.75) is 5.25 Å². The highest BCUT2D eigenvalue weighted by molar-refractivity contribution is 8.03. The predicted molar refractivity (Wildman–Crippen MR) is 82.8 cm³/mol. The van der Waals surface area contributed by atoms with E-state index in [4.69, 9.17) is 5.73 Å². The third kappa shape index (κ3) is 3.33. The van der Waals surface area contributed by atoms with Crippen molar-refractivity contribution >= 4 is 15.8 Å². The van der Waals surface area contributed by atoms with Crippen LogP contribution < -0.4 is 5.73 Å². The molecule has 0 aliphatic rings. The van der Waals surface area contributed by atoms with E-state index >= 15 is 0 Å². The number of rotatable bonds is 5. The normalized spacial score (nSPS) is 13.9. The number of amides is 1. The Balaban J connectivity index is 2.51. The van der Waals surface area contributed by atoms with Gasteiger partial charge < -0.3 is 5.73 Å². The van der Waals surface area contributed by atoms with Crippen LogP contribution in [0.1, 0.15) is 16.4 Å². The molecule has 0 radical (unpaired) electrons. The van der Waals surface area contributed by atoms with Gasteiger partial charge in [0.15, 0.2) is 11.0 Å². The fraction of sp³-hybridized carbons (Fsp3) is 0.188. The van der Waals surface area contributed by atoms with Gasteiger partial charge in [-0.2, -0.15) is 0 Å². The van der Waals surface area contributed by atoms with Crippen molar-refractivity contribution in [1.82, 2.24) is 0 Å². The third-order valence-electron chi connectivity index (χ3n) is 3.13. The third-order valence-corrected chi connectivity index (χ3v) is 5.53. The van der Waals surface area contributed by atoms with E-state index < -0.39 is 15.8 Å². The second kappa shape index (κ2) is 6.01. The number of nitrogens with two attached hydrogens (primary N) is 1. The Kier molecular flexibility index (Phi) is 4.35. The van der Waals surface area contributed by atoms with Crippen LogP contribution in [-0.4, -0.2) is 17.9 Å². The second-order valence-electron chi connectivity index (χ2n) is 4.88. The van der Waals surface area contributed by atoms with Crippen LogP contribution in [0.2, 0.25) is 0 Å². The lowest BCUT2D eigenvalue weighted by Gasteiger charge is -2.19. The molecule has 1 unspecified atom stereocenters. The fourth-order valence-corrected chi connectivity index (χ4v) is 4.59. The van der Waals surface area contributed by atoms with Crippen LogP contribution in [0.4, 0.5) is 0 Å². The molecule has 0 bridgehead atoms. The van der Waals surface area contributed by atoms with Crippen LogP contribution in [0, 0.1) is 0 Å². The van der Waals surface area contributed by atoms with Crippen LogP contribution in [0.25, 0.3) is 0 Å². The second-order valence-corrected chi connectivity index (χ2v) is 7.79. The first-order valence-corrected chi connectivity index (χ1v) is 8.54. The van der Waals surface area contributed by atoms with Crippen molar-refractivity contribution < 1.29 is 9.00 Å². The first-order chi connectivity index (χ1) is 9.50. The topological polar surface area (TPSA) is 60.2 Å². The first-order valence-electron chi connectivity index (χ1n) is 6.34. The molecule has 1 amide bonds. The molecule has 0 aromatic heterocycles. The van der Waals surface area contributed by atoms with Crippen LogP contribution in [-0.2, 0) is 18.9 Å². The lowest BCUT2D eigenvalue weighted by atomic mass is 10.0. The van der Waals surface area contributed by atoms with E-state index in [0.717, 1.165) is 11.1 Å².